The highest BCUT2D eigenvalue weighted by Gasteiger charge is 2.19. The molecule has 1 heterocycles. The lowest BCUT2D eigenvalue weighted by Crippen LogP contribution is -2.27. The van der Waals surface area contributed by atoms with Crippen LogP contribution in [0.5, 0.6) is 5.75 Å². The standard InChI is InChI=1S/C20H22FNO2S/c1-24-19-9-8-18(21)12-17(19)14-25-13-15-4-6-16(7-5-15)20(23)22-10-2-3-11-22/h4-9,12H,2-3,10-11,13-14H2,1H3. The Morgan fingerprint density at radius 2 is 1.84 bits per heavy atom. The fourth-order valence-electron chi connectivity index (χ4n) is 2.99. The van der Waals surface area contributed by atoms with Crippen molar-refractivity contribution < 1.29 is 13.9 Å². The molecule has 1 amide bonds. The minimum atomic E-state index is -0.249. The molecule has 0 spiro atoms. The molecule has 1 saturated heterocycles. The first-order chi connectivity index (χ1) is 12.2. The van der Waals surface area contributed by atoms with E-state index in [1.165, 1.54) is 12.1 Å². The predicted octanol–water partition coefficient (Wildman–Crippen LogP) is 4.50. The average Bonchev–Trinajstić information content (AvgIpc) is 3.17. The lowest BCUT2D eigenvalue weighted by molar-refractivity contribution is 0.0793. The van der Waals surface area contributed by atoms with Crippen LogP contribution < -0.4 is 4.74 Å². The number of benzene rings is 2. The quantitative estimate of drug-likeness (QED) is 0.760. The van der Waals surface area contributed by atoms with E-state index in [0.717, 1.165) is 48.4 Å². The van der Waals surface area contributed by atoms with Crippen LogP contribution in [-0.2, 0) is 11.5 Å². The molecule has 0 atom stereocenters. The average molecular weight is 359 g/mol. The molecule has 3 nitrogen and oxygen atoms in total. The van der Waals surface area contributed by atoms with Crippen LogP contribution in [0.3, 0.4) is 0 Å². The van der Waals surface area contributed by atoms with Gasteiger partial charge in [-0.05, 0) is 48.7 Å². The molecular weight excluding hydrogens is 337 g/mol. The van der Waals surface area contributed by atoms with Gasteiger partial charge in [0.25, 0.3) is 5.91 Å². The van der Waals surface area contributed by atoms with Crippen molar-refractivity contribution in [1.82, 2.24) is 4.90 Å². The number of hydrogen-bond acceptors (Lipinski definition) is 3. The summed E-state index contributed by atoms with van der Waals surface area (Å²) in [7, 11) is 1.59. The summed E-state index contributed by atoms with van der Waals surface area (Å²) in [6.07, 6.45) is 2.20. The number of carbonyl (C=O) groups is 1. The van der Waals surface area contributed by atoms with Crippen LogP contribution in [0.1, 0.15) is 34.3 Å². The fourth-order valence-corrected chi connectivity index (χ4v) is 3.96. The van der Waals surface area contributed by atoms with Crippen molar-refractivity contribution in [3.05, 3.63) is 65.0 Å². The molecule has 1 fully saturated rings. The molecule has 0 aromatic heterocycles. The third-order valence-electron chi connectivity index (χ3n) is 4.36. The minimum Gasteiger partial charge on any atom is -0.496 e. The van der Waals surface area contributed by atoms with Gasteiger partial charge in [-0.2, -0.15) is 11.8 Å². The summed E-state index contributed by atoms with van der Waals surface area (Å²) >= 11 is 1.70. The second kappa shape index (κ2) is 8.39. The molecular formula is C20H22FNO2S. The Morgan fingerprint density at radius 3 is 2.52 bits per heavy atom. The molecule has 0 unspecified atom stereocenters. The topological polar surface area (TPSA) is 29.5 Å². The summed E-state index contributed by atoms with van der Waals surface area (Å²) in [5.41, 5.74) is 2.76. The molecule has 1 aliphatic heterocycles. The number of nitrogens with zero attached hydrogens (tertiary/aromatic N) is 1. The van der Waals surface area contributed by atoms with Crippen molar-refractivity contribution in [2.24, 2.45) is 0 Å². The number of amides is 1. The van der Waals surface area contributed by atoms with Crippen LogP contribution in [0.2, 0.25) is 0 Å². The van der Waals surface area contributed by atoms with Crippen molar-refractivity contribution in [2.75, 3.05) is 20.2 Å². The molecule has 1 aliphatic rings. The Morgan fingerprint density at radius 1 is 1.12 bits per heavy atom. The zero-order valence-corrected chi connectivity index (χ0v) is 15.2. The Labute approximate surface area is 152 Å². The van der Waals surface area contributed by atoms with Crippen LogP contribution in [0.15, 0.2) is 42.5 Å². The van der Waals surface area contributed by atoms with Crippen LogP contribution >= 0.6 is 11.8 Å². The predicted molar refractivity (Wildman–Crippen MR) is 99.5 cm³/mol. The summed E-state index contributed by atoms with van der Waals surface area (Å²) in [6.45, 7) is 1.73. The van der Waals surface area contributed by atoms with E-state index in [-0.39, 0.29) is 11.7 Å². The molecule has 0 saturated carbocycles. The minimum absolute atomic E-state index is 0.126. The highest BCUT2D eigenvalue weighted by atomic mass is 32.2. The molecule has 2 aromatic carbocycles. The molecule has 0 bridgehead atoms. The second-order valence-electron chi connectivity index (χ2n) is 6.15. The van der Waals surface area contributed by atoms with Crippen molar-refractivity contribution in [3.63, 3.8) is 0 Å². The molecule has 132 valence electrons. The van der Waals surface area contributed by atoms with Gasteiger partial charge in [0.05, 0.1) is 7.11 Å². The Kier molecular flexibility index (Phi) is 5.97. The lowest BCUT2D eigenvalue weighted by atomic mass is 10.1. The van der Waals surface area contributed by atoms with Gasteiger partial charge in [0, 0.05) is 35.7 Å². The molecule has 0 aliphatic carbocycles. The molecule has 0 N–H and O–H groups in total. The van der Waals surface area contributed by atoms with E-state index in [1.807, 2.05) is 29.2 Å². The number of likely N-dealkylation sites (tertiary alicyclic amines) is 1. The van der Waals surface area contributed by atoms with Gasteiger partial charge in [-0.15, -0.1) is 0 Å². The van der Waals surface area contributed by atoms with Crippen molar-refractivity contribution in [1.29, 1.82) is 0 Å². The zero-order chi connectivity index (χ0) is 17.6. The van der Waals surface area contributed by atoms with Crippen LogP contribution in [0, 0.1) is 5.82 Å². The maximum atomic E-state index is 13.4. The summed E-state index contributed by atoms with van der Waals surface area (Å²) in [5, 5.41) is 0. The maximum absolute atomic E-state index is 13.4. The number of ether oxygens (including phenoxy) is 1. The number of halogens is 1. The number of rotatable bonds is 6. The lowest BCUT2D eigenvalue weighted by Gasteiger charge is -2.15. The van der Waals surface area contributed by atoms with E-state index in [1.54, 1.807) is 24.9 Å². The molecule has 0 radical (unpaired) electrons. The van der Waals surface area contributed by atoms with Gasteiger partial charge in [0.15, 0.2) is 0 Å². The smallest absolute Gasteiger partial charge is 0.253 e. The van der Waals surface area contributed by atoms with Crippen molar-refractivity contribution in [2.45, 2.75) is 24.3 Å². The van der Waals surface area contributed by atoms with E-state index in [9.17, 15) is 9.18 Å². The summed E-state index contributed by atoms with van der Waals surface area (Å²) < 4.78 is 18.7. The normalized spacial score (nSPS) is 13.9. The summed E-state index contributed by atoms with van der Waals surface area (Å²) in [6, 6.07) is 12.4. The van der Waals surface area contributed by atoms with E-state index in [2.05, 4.69) is 0 Å². The van der Waals surface area contributed by atoms with Crippen molar-refractivity contribution in [3.8, 4) is 5.75 Å². The van der Waals surface area contributed by atoms with Gasteiger partial charge in [-0.1, -0.05) is 12.1 Å². The van der Waals surface area contributed by atoms with Crippen LogP contribution in [0.25, 0.3) is 0 Å². The zero-order valence-electron chi connectivity index (χ0n) is 14.3. The highest BCUT2D eigenvalue weighted by molar-refractivity contribution is 7.97. The maximum Gasteiger partial charge on any atom is 0.253 e. The van der Waals surface area contributed by atoms with Crippen LogP contribution in [0.4, 0.5) is 4.39 Å². The number of carbonyl (C=O) groups excluding carboxylic acids is 1. The SMILES string of the molecule is COc1ccc(F)cc1CSCc1ccc(C(=O)N2CCCC2)cc1. The van der Waals surface area contributed by atoms with Gasteiger partial charge in [0.1, 0.15) is 11.6 Å². The first kappa shape index (κ1) is 17.8. The second-order valence-corrected chi connectivity index (χ2v) is 7.13. The van der Waals surface area contributed by atoms with E-state index < -0.39 is 0 Å². The molecule has 5 heteroatoms. The van der Waals surface area contributed by atoms with Gasteiger partial charge >= 0.3 is 0 Å². The third-order valence-corrected chi connectivity index (χ3v) is 5.42. The van der Waals surface area contributed by atoms with Gasteiger partial charge < -0.3 is 9.64 Å². The van der Waals surface area contributed by atoms with Gasteiger partial charge in [-0.3, -0.25) is 4.79 Å². The first-order valence-electron chi connectivity index (χ1n) is 8.46. The Hall–Kier alpha value is -2.01. The molecule has 3 rings (SSSR count). The first-order valence-corrected chi connectivity index (χ1v) is 9.61. The largest absolute Gasteiger partial charge is 0.496 e. The summed E-state index contributed by atoms with van der Waals surface area (Å²) in [4.78, 5) is 14.2. The fraction of sp³-hybridized carbons (Fsp3) is 0.350. The Bertz CT molecular complexity index is 727. The van der Waals surface area contributed by atoms with E-state index in [0.29, 0.717) is 11.5 Å². The molecule has 25 heavy (non-hydrogen) atoms. The van der Waals surface area contributed by atoms with Crippen LogP contribution in [-0.4, -0.2) is 31.0 Å². The number of methoxy groups -OCH3 is 1. The third kappa shape index (κ3) is 4.54. The summed E-state index contributed by atoms with van der Waals surface area (Å²) in [5.74, 6) is 2.07. The van der Waals surface area contributed by atoms with E-state index in [4.69, 9.17) is 4.74 Å². The number of thioether (sulfide) groups is 1. The monoisotopic (exact) mass is 359 g/mol. The Balaban J connectivity index is 1.55. The van der Waals surface area contributed by atoms with E-state index >= 15 is 0 Å². The van der Waals surface area contributed by atoms with Crippen molar-refractivity contribution >= 4 is 17.7 Å². The highest BCUT2D eigenvalue weighted by Crippen LogP contribution is 2.26. The van der Waals surface area contributed by atoms with Gasteiger partial charge in [0.2, 0.25) is 0 Å². The molecule has 2 aromatic rings. The van der Waals surface area contributed by atoms with Gasteiger partial charge in [-0.25, -0.2) is 4.39 Å². The number of hydrogen-bond donors (Lipinski definition) is 0.